The first kappa shape index (κ1) is 17.2. The normalized spacial score (nSPS) is 12.3. The van der Waals surface area contributed by atoms with Crippen LogP contribution in [0.1, 0.15) is 70.6 Å². The van der Waals surface area contributed by atoms with Crippen LogP contribution in [0.25, 0.3) is 0 Å². The molecule has 1 unspecified atom stereocenters. The third-order valence-corrected chi connectivity index (χ3v) is 3.14. The maximum Gasteiger partial charge on any atom is 0.303 e. The zero-order valence-corrected chi connectivity index (χ0v) is 11.4. The van der Waals surface area contributed by atoms with Crippen molar-refractivity contribution in [2.24, 2.45) is 0 Å². The van der Waals surface area contributed by atoms with E-state index in [9.17, 15) is 9.90 Å². The van der Waals surface area contributed by atoms with Crippen molar-refractivity contribution in [1.82, 2.24) is 0 Å². The van der Waals surface area contributed by atoms with Crippen molar-refractivity contribution in [2.45, 2.75) is 76.7 Å². The van der Waals surface area contributed by atoms with Crippen molar-refractivity contribution in [3.63, 3.8) is 0 Å². The summed E-state index contributed by atoms with van der Waals surface area (Å²) in [6.45, 7) is 3.70. The zero-order chi connectivity index (χ0) is 13.6. The molecular formula is C15H28O3. The number of carbonyl (C=O) groups is 1. The van der Waals surface area contributed by atoms with Gasteiger partial charge in [-0.05, 0) is 25.7 Å². The maximum atomic E-state index is 10.3. The summed E-state index contributed by atoms with van der Waals surface area (Å²) in [4.78, 5) is 10.3. The Bertz CT molecular complexity index is 214. The minimum Gasteiger partial charge on any atom is -0.481 e. The van der Waals surface area contributed by atoms with Crippen molar-refractivity contribution in [3.05, 3.63) is 12.7 Å². The van der Waals surface area contributed by atoms with E-state index in [1.807, 2.05) is 6.08 Å². The van der Waals surface area contributed by atoms with E-state index < -0.39 is 12.1 Å². The Labute approximate surface area is 111 Å². The molecule has 0 rings (SSSR count). The minimum absolute atomic E-state index is 0.0739. The zero-order valence-electron chi connectivity index (χ0n) is 11.4. The molecule has 3 heteroatoms. The lowest BCUT2D eigenvalue weighted by atomic mass is 10.0. The van der Waals surface area contributed by atoms with Crippen molar-refractivity contribution < 1.29 is 15.0 Å². The highest BCUT2D eigenvalue weighted by atomic mass is 16.4. The number of aliphatic carboxylic acids is 1. The average Bonchev–Trinajstić information content (AvgIpc) is 2.34. The molecule has 0 aliphatic heterocycles. The highest BCUT2D eigenvalue weighted by Crippen LogP contribution is 2.12. The summed E-state index contributed by atoms with van der Waals surface area (Å²) in [7, 11) is 0. The highest BCUT2D eigenvalue weighted by molar-refractivity contribution is 5.66. The van der Waals surface area contributed by atoms with Gasteiger partial charge in [0.15, 0.2) is 0 Å². The van der Waals surface area contributed by atoms with Gasteiger partial charge in [0.2, 0.25) is 0 Å². The molecule has 0 heterocycles. The van der Waals surface area contributed by atoms with E-state index in [-0.39, 0.29) is 6.42 Å². The third-order valence-electron chi connectivity index (χ3n) is 3.14. The number of aliphatic hydroxyl groups is 1. The third kappa shape index (κ3) is 13.2. The fourth-order valence-electron chi connectivity index (χ4n) is 1.99. The molecule has 3 nitrogen and oxygen atoms in total. The Hall–Kier alpha value is -0.830. The molecule has 0 saturated heterocycles. The fourth-order valence-corrected chi connectivity index (χ4v) is 1.99. The van der Waals surface area contributed by atoms with Crippen LogP contribution in [0.3, 0.4) is 0 Å². The molecule has 1 atom stereocenters. The summed E-state index contributed by atoms with van der Waals surface area (Å²) in [5, 5.41) is 18.0. The maximum absolute atomic E-state index is 10.3. The molecular weight excluding hydrogens is 228 g/mol. The first-order valence-electron chi connectivity index (χ1n) is 7.17. The predicted molar refractivity (Wildman–Crippen MR) is 74.6 cm³/mol. The molecule has 0 fully saturated rings. The van der Waals surface area contributed by atoms with Crippen LogP contribution in [-0.4, -0.2) is 22.3 Å². The molecule has 106 valence electrons. The van der Waals surface area contributed by atoms with Crippen LogP contribution in [0.5, 0.6) is 0 Å². The number of hydrogen-bond donors (Lipinski definition) is 2. The molecule has 0 aromatic heterocycles. The van der Waals surface area contributed by atoms with E-state index in [2.05, 4.69) is 6.58 Å². The summed E-state index contributed by atoms with van der Waals surface area (Å²) >= 11 is 0. The molecule has 0 spiro atoms. The van der Waals surface area contributed by atoms with Crippen molar-refractivity contribution in [2.75, 3.05) is 0 Å². The Balaban J connectivity index is 3.14. The number of allylic oxidation sites excluding steroid dienone is 1. The average molecular weight is 256 g/mol. The Kier molecular flexibility index (Phi) is 12.0. The van der Waals surface area contributed by atoms with Crippen molar-refractivity contribution in [3.8, 4) is 0 Å². The molecule has 0 amide bonds. The van der Waals surface area contributed by atoms with Crippen LogP contribution in [0.15, 0.2) is 12.7 Å². The van der Waals surface area contributed by atoms with Gasteiger partial charge in [-0.1, -0.05) is 44.6 Å². The molecule has 0 radical (unpaired) electrons. The standard InChI is InChI=1S/C15H28O3/c1-2-3-4-5-6-7-8-9-10-11-14(16)12-13-15(17)18/h2,14,16H,1,3-13H2,(H,17,18). The van der Waals surface area contributed by atoms with Gasteiger partial charge in [-0.15, -0.1) is 6.58 Å². The van der Waals surface area contributed by atoms with Crippen molar-refractivity contribution in [1.29, 1.82) is 0 Å². The van der Waals surface area contributed by atoms with Gasteiger partial charge >= 0.3 is 5.97 Å². The van der Waals surface area contributed by atoms with Crippen LogP contribution in [0, 0.1) is 0 Å². The van der Waals surface area contributed by atoms with Crippen LogP contribution in [0.2, 0.25) is 0 Å². The number of hydrogen-bond acceptors (Lipinski definition) is 2. The Morgan fingerprint density at radius 1 is 1.00 bits per heavy atom. The van der Waals surface area contributed by atoms with Crippen LogP contribution in [0.4, 0.5) is 0 Å². The minimum atomic E-state index is -0.825. The summed E-state index contributed by atoms with van der Waals surface area (Å²) in [6.07, 6.45) is 12.3. The summed E-state index contributed by atoms with van der Waals surface area (Å²) in [6, 6.07) is 0. The van der Waals surface area contributed by atoms with Gasteiger partial charge in [-0.25, -0.2) is 0 Å². The second kappa shape index (κ2) is 12.6. The van der Waals surface area contributed by atoms with Gasteiger partial charge in [0.25, 0.3) is 0 Å². The van der Waals surface area contributed by atoms with Gasteiger partial charge in [-0.2, -0.15) is 0 Å². The van der Waals surface area contributed by atoms with Crippen LogP contribution in [-0.2, 0) is 4.79 Å². The fraction of sp³-hybridized carbons (Fsp3) is 0.800. The topological polar surface area (TPSA) is 57.5 Å². The van der Waals surface area contributed by atoms with E-state index in [0.717, 1.165) is 25.7 Å². The number of carboxylic acid groups (broad SMARTS) is 1. The van der Waals surface area contributed by atoms with E-state index in [1.165, 1.54) is 32.1 Å². The van der Waals surface area contributed by atoms with Crippen LogP contribution >= 0.6 is 0 Å². The molecule has 0 aliphatic rings. The van der Waals surface area contributed by atoms with Crippen molar-refractivity contribution >= 4 is 5.97 Å². The summed E-state index contributed by atoms with van der Waals surface area (Å²) < 4.78 is 0. The smallest absolute Gasteiger partial charge is 0.303 e. The number of unbranched alkanes of at least 4 members (excludes halogenated alkanes) is 7. The summed E-state index contributed by atoms with van der Waals surface area (Å²) in [5.41, 5.74) is 0. The molecule has 18 heavy (non-hydrogen) atoms. The monoisotopic (exact) mass is 256 g/mol. The number of aliphatic hydroxyl groups excluding tert-OH is 1. The molecule has 0 aromatic carbocycles. The summed E-state index contributed by atoms with van der Waals surface area (Å²) in [5.74, 6) is -0.825. The van der Waals surface area contributed by atoms with E-state index >= 15 is 0 Å². The molecule has 0 aliphatic carbocycles. The lowest BCUT2D eigenvalue weighted by molar-refractivity contribution is -0.137. The molecule has 2 N–H and O–H groups in total. The number of rotatable bonds is 13. The van der Waals surface area contributed by atoms with Crippen LogP contribution < -0.4 is 0 Å². The van der Waals surface area contributed by atoms with Gasteiger partial charge < -0.3 is 10.2 Å². The van der Waals surface area contributed by atoms with E-state index in [0.29, 0.717) is 6.42 Å². The quantitative estimate of drug-likeness (QED) is 0.388. The van der Waals surface area contributed by atoms with Gasteiger partial charge in [0.1, 0.15) is 0 Å². The van der Waals surface area contributed by atoms with E-state index in [1.54, 1.807) is 0 Å². The van der Waals surface area contributed by atoms with E-state index in [4.69, 9.17) is 5.11 Å². The highest BCUT2D eigenvalue weighted by Gasteiger charge is 2.06. The number of carboxylic acids is 1. The first-order valence-corrected chi connectivity index (χ1v) is 7.17. The lowest BCUT2D eigenvalue weighted by Crippen LogP contribution is -2.09. The lowest BCUT2D eigenvalue weighted by Gasteiger charge is -2.08. The second-order valence-electron chi connectivity index (χ2n) is 4.93. The largest absolute Gasteiger partial charge is 0.481 e. The van der Waals surface area contributed by atoms with Gasteiger partial charge in [0, 0.05) is 6.42 Å². The Morgan fingerprint density at radius 3 is 2.11 bits per heavy atom. The SMILES string of the molecule is C=CCCCCCCCCCC(O)CCC(=O)O. The molecule has 0 saturated carbocycles. The first-order chi connectivity index (χ1) is 8.66. The predicted octanol–water partition coefficient (Wildman–Crippen LogP) is 3.91. The molecule has 0 bridgehead atoms. The molecule has 0 aromatic rings. The Morgan fingerprint density at radius 2 is 1.56 bits per heavy atom. The second-order valence-corrected chi connectivity index (χ2v) is 4.93. The van der Waals surface area contributed by atoms with Gasteiger partial charge in [-0.3, -0.25) is 4.79 Å². The van der Waals surface area contributed by atoms with Gasteiger partial charge in [0.05, 0.1) is 6.10 Å².